The smallest absolute Gasteiger partial charge is 0.264 e. The summed E-state index contributed by atoms with van der Waals surface area (Å²) in [5, 5.41) is 13.4. The number of nitrogens with two attached hydrogens (primary N) is 1. The van der Waals surface area contributed by atoms with Gasteiger partial charge >= 0.3 is 0 Å². The average molecular weight is 422 g/mol. The van der Waals surface area contributed by atoms with E-state index in [0.717, 1.165) is 6.26 Å². The summed E-state index contributed by atoms with van der Waals surface area (Å²) in [4.78, 5) is 17.1. The molecule has 0 aliphatic heterocycles. The first-order chi connectivity index (χ1) is 14.4. The van der Waals surface area contributed by atoms with Crippen LogP contribution >= 0.6 is 0 Å². The zero-order valence-corrected chi connectivity index (χ0v) is 16.4. The van der Waals surface area contributed by atoms with E-state index in [4.69, 9.17) is 9.92 Å². The molecule has 12 heteroatoms. The molecule has 0 bridgehead atoms. The van der Waals surface area contributed by atoms with E-state index in [0.29, 0.717) is 33.7 Å². The fourth-order valence-electron chi connectivity index (χ4n) is 2.84. The second-order valence-corrected chi connectivity index (χ2v) is 7.85. The van der Waals surface area contributed by atoms with Crippen LogP contribution in [0, 0.1) is 11.3 Å². The first-order valence-electron chi connectivity index (χ1n) is 8.52. The summed E-state index contributed by atoms with van der Waals surface area (Å²) >= 11 is 0. The van der Waals surface area contributed by atoms with Crippen molar-refractivity contribution in [1.29, 1.82) is 5.26 Å². The summed E-state index contributed by atoms with van der Waals surface area (Å²) in [7, 11) is -3.68. The molecule has 0 aliphatic carbocycles. The maximum atomic E-state index is 11.3. The lowest BCUT2D eigenvalue weighted by Gasteiger charge is -2.11. The Bertz CT molecular complexity index is 1390. The molecule has 11 nitrogen and oxygen atoms in total. The topological polar surface area (TPSA) is 162 Å². The average Bonchev–Trinajstić information content (AvgIpc) is 3.17. The molecule has 0 amide bonds. The fourth-order valence-corrected chi connectivity index (χ4v) is 3.16. The van der Waals surface area contributed by atoms with Crippen molar-refractivity contribution in [2.75, 3.05) is 12.0 Å². The molecule has 4 aromatic rings. The lowest BCUT2D eigenvalue weighted by Crippen LogP contribution is -2.07. The third-order valence-corrected chi connectivity index (χ3v) is 4.61. The molecular formula is C18H14N8O3S. The number of rotatable bonds is 5. The Labute approximate surface area is 171 Å². The molecule has 4 rings (SSSR count). The largest absolute Gasteiger partial charge is 0.368 e. The van der Waals surface area contributed by atoms with Gasteiger partial charge in [-0.05, 0) is 18.2 Å². The number of fused-ring (bicyclic) bond motifs is 1. The Balaban J connectivity index is 1.98. The van der Waals surface area contributed by atoms with Crippen molar-refractivity contribution in [2.24, 2.45) is 0 Å². The number of nitriles is 1. The summed E-state index contributed by atoms with van der Waals surface area (Å²) in [5.74, 6) is 0.130. The highest BCUT2D eigenvalue weighted by atomic mass is 32.2. The Kier molecular flexibility index (Phi) is 4.82. The van der Waals surface area contributed by atoms with Crippen LogP contribution in [0.3, 0.4) is 0 Å². The van der Waals surface area contributed by atoms with E-state index in [9.17, 15) is 13.7 Å². The van der Waals surface area contributed by atoms with Crippen LogP contribution < -0.4 is 5.73 Å². The summed E-state index contributed by atoms with van der Waals surface area (Å²) in [5.41, 5.74) is 8.94. The first kappa shape index (κ1) is 19.4. The van der Waals surface area contributed by atoms with Gasteiger partial charge in [0.2, 0.25) is 5.95 Å². The van der Waals surface area contributed by atoms with Crippen LogP contribution in [0.1, 0.15) is 11.4 Å². The Hall–Kier alpha value is -3.95. The normalized spacial score (nSPS) is 11.5. The standard InChI is InChI=1S/C18H14N8O3S/c1-30(27,28)29-9-14-23-17-15(13-5-6-21-10-22-13)16(24-18(20)26(17)25-14)12-4-2-3-11(7-12)8-19/h2-7,10H,9H2,1H3,(H2,20,24). The minimum absolute atomic E-state index is 0.0262. The Morgan fingerprint density at radius 1 is 1.27 bits per heavy atom. The minimum Gasteiger partial charge on any atom is -0.368 e. The van der Waals surface area contributed by atoms with E-state index >= 15 is 0 Å². The highest BCUT2D eigenvalue weighted by molar-refractivity contribution is 7.85. The molecule has 0 radical (unpaired) electrons. The second-order valence-electron chi connectivity index (χ2n) is 6.21. The van der Waals surface area contributed by atoms with Crippen LogP contribution in [0.4, 0.5) is 5.95 Å². The molecule has 2 N–H and O–H groups in total. The molecular weight excluding hydrogens is 408 g/mol. The van der Waals surface area contributed by atoms with Gasteiger partial charge in [-0.3, -0.25) is 4.18 Å². The maximum Gasteiger partial charge on any atom is 0.264 e. The number of nitrogens with zero attached hydrogens (tertiary/aromatic N) is 7. The van der Waals surface area contributed by atoms with Gasteiger partial charge in [0.25, 0.3) is 10.1 Å². The number of aromatic nitrogens is 6. The second kappa shape index (κ2) is 7.47. The molecule has 0 saturated heterocycles. The van der Waals surface area contributed by atoms with Crippen LogP contribution in [0.5, 0.6) is 0 Å². The van der Waals surface area contributed by atoms with Gasteiger partial charge in [0.15, 0.2) is 11.5 Å². The van der Waals surface area contributed by atoms with Crippen LogP contribution in [0.15, 0.2) is 42.9 Å². The first-order valence-corrected chi connectivity index (χ1v) is 10.3. The van der Waals surface area contributed by atoms with Crippen LogP contribution in [-0.4, -0.2) is 44.2 Å². The van der Waals surface area contributed by atoms with Crippen molar-refractivity contribution in [3.05, 3.63) is 54.2 Å². The number of nitrogen functional groups attached to an aromatic ring is 1. The third-order valence-electron chi connectivity index (χ3n) is 4.06. The van der Waals surface area contributed by atoms with Crippen molar-refractivity contribution >= 4 is 21.7 Å². The van der Waals surface area contributed by atoms with E-state index < -0.39 is 10.1 Å². The molecule has 150 valence electrons. The number of benzene rings is 1. The van der Waals surface area contributed by atoms with Gasteiger partial charge in [0.05, 0.1) is 34.8 Å². The van der Waals surface area contributed by atoms with E-state index in [1.807, 2.05) is 0 Å². The van der Waals surface area contributed by atoms with E-state index in [2.05, 4.69) is 31.1 Å². The van der Waals surface area contributed by atoms with Gasteiger partial charge in [0.1, 0.15) is 12.9 Å². The number of anilines is 1. The highest BCUT2D eigenvalue weighted by Gasteiger charge is 2.21. The quantitative estimate of drug-likeness (QED) is 0.462. The van der Waals surface area contributed by atoms with Crippen molar-refractivity contribution in [3.63, 3.8) is 0 Å². The van der Waals surface area contributed by atoms with Gasteiger partial charge < -0.3 is 5.73 Å². The Morgan fingerprint density at radius 3 is 2.80 bits per heavy atom. The summed E-state index contributed by atoms with van der Waals surface area (Å²) < 4.78 is 28.7. The molecule has 3 aromatic heterocycles. The van der Waals surface area contributed by atoms with Gasteiger partial charge in [-0.1, -0.05) is 12.1 Å². The van der Waals surface area contributed by atoms with Crippen molar-refractivity contribution < 1.29 is 12.6 Å². The lowest BCUT2D eigenvalue weighted by atomic mass is 10.0. The predicted molar refractivity (Wildman–Crippen MR) is 106 cm³/mol. The zero-order chi connectivity index (χ0) is 21.3. The van der Waals surface area contributed by atoms with Crippen LogP contribution in [-0.2, 0) is 20.9 Å². The third kappa shape index (κ3) is 3.79. The van der Waals surface area contributed by atoms with Crippen LogP contribution in [0.2, 0.25) is 0 Å². The molecule has 1 aromatic carbocycles. The Morgan fingerprint density at radius 2 is 2.10 bits per heavy atom. The minimum atomic E-state index is -3.68. The van der Waals surface area contributed by atoms with E-state index in [1.54, 1.807) is 36.5 Å². The van der Waals surface area contributed by atoms with Gasteiger partial charge in [-0.15, -0.1) is 5.10 Å². The molecule has 30 heavy (non-hydrogen) atoms. The van der Waals surface area contributed by atoms with Gasteiger partial charge in [-0.2, -0.15) is 18.2 Å². The predicted octanol–water partition coefficient (Wildman–Crippen LogP) is 1.18. The van der Waals surface area contributed by atoms with E-state index in [1.165, 1.54) is 10.8 Å². The molecule has 0 unspecified atom stereocenters. The molecule has 0 spiro atoms. The van der Waals surface area contributed by atoms with Crippen molar-refractivity contribution in [2.45, 2.75) is 6.61 Å². The molecule has 3 heterocycles. The van der Waals surface area contributed by atoms with Gasteiger partial charge in [0, 0.05) is 11.8 Å². The molecule has 0 atom stereocenters. The highest BCUT2D eigenvalue weighted by Crippen LogP contribution is 2.33. The van der Waals surface area contributed by atoms with Gasteiger partial charge in [-0.25, -0.2) is 19.9 Å². The van der Waals surface area contributed by atoms with Crippen molar-refractivity contribution in [3.8, 4) is 28.6 Å². The summed E-state index contributed by atoms with van der Waals surface area (Å²) in [6, 6.07) is 10.6. The zero-order valence-electron chi connectivity index (χ0n) is 15.6. The number of hydrogen-bond acceptors (Lipinski definition) is 10. The van der Waals surface area contributed by atoms with Crippen LogP contribution in [0.25, 0.3) is 28.2 Å². The van der Waals surface area contributed by atoms with E-state index in [-0.39, 0.29) is 18.4 Å². The van der Waals surface area contributed by atoms with Crippen molar-refractivity contribution in [1.82, 2.24) is 29.5 Å². The SMILES string of the molecule is CS(=O)(=O)OCc1nc2c(-c3ccncn3)c(-c3cccc(C#N)c3)nc(N)n2n1. The maximum absolute atomic E-state index is 11.3. The molecule has 0 fully saturated rings. The lowest BCUT2D eigenvalue weighted by molar-refractivity contribution is 0.302. The monoisotopic (exact) mass is 422 g/mol. The molecule has 0 aliphatic rings. The number of hydrogen-bond donors (Lipinski definition) is 1. The summed E-state index contributed by atoms with van der Waals surface area (Å²) in [6.07, 6.45) is 3.88. The fraction of sp³-hybridized carbons (Fsp3) is 0.111. The summed E-state index contributed by atoms with van der Waals surface area (Å²) in [6.45, 7) is -0.359. The molecule has 0 saturated carbocycles.